The van der Waals surface area contributed by atoms with Gasteiger partial charge in [-0.2, -0.15) is 0 Å². The number of fused-ring (bicyclic) bond motifs is 5. The van der Waals surface area contributed by atoms with Crippen molar-refractivity contribution in [2.24, 2.45) is 0 Å². The van der Waals surface area contributed by atoms with Gasteiger partial charge in [0.2, 0.25) is 0 Å². The van der Waals surface area contributed by atoms with Crippen LogP contribution in [-0.4, -0.2) is 24.5 Å². The Hall–Kier alpha value is -6.98. The molecule has 2 aromatic heterocycles. The molecule has 7 aromatic carbocycles. The van der Waals surface area contributed by atoms with Crippen molar-refractivity contribution in [3.8, 4) is 51.0 Å². The Labute approximate surface area is 301 Å². The van der Waals surface area contributed by atoms with Gasteiger partial charge < -0.3 is 0 Å². The molecule has 5 heteroatoms. The summed E-state index contributed by atoms with van der Waals surface area (Å²) in [5.41, 5.74) is 10.8. The maximum Gasteiger partial charge on any atom is 0.166 e. The number of benzene rings is 7. The van der Waals surface area contributed by atoms with E-state index in [2.05, 4.69) is 156 Å². The minimum Gasteiger partial charge on any atom is -0.294 e. The standard InChI is InChI=1S/C47H31N5/c1-5-16-32(17-6-1)33-28-30-35(31-29-33)44-49-43(34-18-7-2-8-19-34)50-45(51-44)38-24-15-25-39-42(38)52-41-27-14-13-26-40(41)48-46(52)47(39,36-20-9-3-10-21-36)37-22-11-4-12-23-37/h1-31H. The number of rotatable bonds is 6. The molecule has 0 saturated carbocycles. The molecular formula is C47H31N5. The molecular weight excluding hydrogens is 635 g/mol. The average Bonchev–Trinajstić information content (AvgIpc) is 3.75. The lowest BCUT2D eigenvalue weighted by atomic mass is 9.69. The summed E-state index contributed by atoms with van der Waals surface area (Å²) in [5.74, 6) is 2.79. The number of imidazole rings is 1. The molecule has 5 nitrogen and oxygen atoms in total. The van der Waals surface area contributed by atoms with Gasteiger partial charge >= 0.3 is 0 Å². The molecule has 0 amide bonds. The molecule has 0 bridgehead atoms. The smallest absolute Gasteiger partial charge is 0.166 e. The van der Waals surface area contributed by atoms with Gasteiger partial charge in [0.1, 0.15) is 11.2 Å². The molecule has 52 heavy (non-hydrogen) atoms. The van der Waals surface area contributed by atoms with Gasteiger partial charge in [0, 0.05) is 16.7 Å². The minimum atomic E-state index is -0.682. The zero-order valence-electron chi connectivity index (χ0n) is 28.1. The van der Waals surface area contributed by atoms with E-state index in [-0.39, 0.29) is 0 Å². The molecule has 0 fully saturated rings. The first-order valence-corrected chi connectivity index (χ1v) is 17.5. The highest BCUT2D eigenvalue weighted by Crippen LogP contribution is 2.54. The minimum absolute atomic E-state index is 0.605. The van der Waals surface area contributed by atoms with Gasteiger partial charge in [-0.3, -0.25) is 4.57 Å². The Kier molecular flexibility index (Phi) is 6.96. The van der Waals surface area contributed by atoms with Crippen LogP contribution in [0.4, 0.5) is 0 Å². The molecule has 9 aromatic rings. The van der Waals surface area contributed by atoms with Crippen LogP contribution < -0.4 is 0 Å². The molecule has 0 aliphatic carbocycles. The van der Waals surface area contributed by atoms with E-state index < -0.39 is 5.41 Å². The van der Waals surface area contributed by atoms with E-state index in [0.717, 1.165) is 61.5 Å². The lowest BCUT2D eigenvalue weighted by Crippen LogP contribution is -2.29. The summed E-state index contributed by atoms with van der Waals surface area (Å²) in [5, 5.41) is 0. The van der Waals surface area contributed by atoms with Crippen LogP contribution in [0.2, 0.25) is 0 Å². The van der Waals surface area contributed by atoms with E-state index in [9.17, 15) is 0 Å². The van der Waals surface area contributed by atoms with Crippen LogP contribution in [0.5, 0.6) is 0 Å². The molecule has 244 valence electrons. The molecule has 3 heterocycles. The van der Waals surface area contributed by atoms with Crippen molar-refractivity contribution >= 4 is 11.0 Å². The number of para-hydroxylation sites is 3. The summed E-state index contributed by atoms with van der Waals surface area (Å²) in [6.07, 6.45) is 0. The highest BCUT2D eigenvalue weighted by Gasteiger charge is 2.50. The number of hydrogen-bond donors (Lipinski definition) is 0. The third-order valence-electron chi connectivity index (χ3n) is 10.1. The zero-order chi connectivity index (χ0) is 34.5. The van der Waals surface area contributed by atoms with Crippen molar-refractivity contribution in [1.82, 2.24) is 24.5 Å². The van der Waals surface area contributed by atoms with E-state index in [1.807, 2.05) is 36.4 Å². The first-order valence-electron chi connectivity index (χ1n) is 17.5. The molecule has 10 rings (SSSR count). The summed E-state index contributed by atoms with van der Waals surface area (Å²) < 4.78 is 2.33. The molecule has 0 spiro atoms. The number of nitrogens with zero attached hydrogens (tertiary/aromatic N) is 5. The third-order valence-corrected chi connectivity index (χ3v) is 10.1. The van der Waals surface area contributed by atoms with E-state index in [1.165, 1.54) is 5.56 Å². The van der Waals surface area contributed by atoms with Crippen molar-refractivity contribution in [3.63, 3.8) is 0 Å². The summed E-state index contributed by atoms with van der Waals surface area (Å²) >= 11 is 0. The first-order chi connectivity index (χ1) is 25.8. The van der Waals surface area contributed by atoms with Crippen molar-refractivity contribution < 1.29 is 0 Å². The molecule has 1 aliphatic rings. The van der Waals surface area contributed by atoms with E-state index >= 15 is 0 Å². The normalized spacial score (nSPS) is 12.8. The van der Waals surface area contributed by atoms with Gasteiger partial charge in [0.05, 0.1) is 16.7 Å². The zero-order valence-corrected chi connectivity index (χ0v) is 28.1. The van der Waals surface area contributed by atoms with Crippen LogP contribution >= 0.6 is 0 Å². The predicted octanol–water partition coefficient (Wildman–Crippen LogP) is 10.6. The maximum atomic E-state index is 5.42. The topological polar surface area (TPSA) is 56.5 Å². The van der Waals surface area contributed by atoms with Crippen LogP contribution in [0.15, 0.2) is 188 Å². The third kappa shape index (κ3) is 4.63. The Morgan fingerprint density at radius 3 is 1.48 bits per heavy atom. The Morgan fingerprint density at radius 1 is 0.365 bits per heavy atom. The highest BCUT2D eigenvalue weighted by molar-refractivity contribution is 5.88. The van der Waals surface area contributed by atoms with Crippen molar-refractivity contribution in [2.45, 2.75) is 5.41 Å². The SMILES string of the molecule is c1ccc(-c2ccc(-c3nc(-c4ccccc4)nc(-c4cccc5c4-n4c(nc6ccccc64)C5(c4ccccc4)c4ccccc4)n3)cc2)cc1. The monoisotopic (exact) mass is 665 g/mol. The molecule has 0 saturated heterocycles. The van der Waals surface area contributed by atoms with E-state index in [4.69, 9.17) is 19.9 Å². The second-order valence-electron chi connectivity index (χ2n) is 13.1. The summed E-state index contributed by atoms with van der Waals surface area (Å²) in [6.45, 7) is 0. The molecule has 0 radical (unpaired) electrons. The van der Waals surface area contributed by atoms with Crippen molar-refractivity contribution in [2.75, 3.05) is 0 Å². The number of aromatic nitrogens is 5. The summed E-state index contributed by atoms with van der Waals surface area (Å²) in [4.78, 5) is 21.0. The Balaban J connectivity index is 1.25. The van der Waals surface area contributed by atoms with Gasteiger partial charge in [0.15, 0.2) is 17.5 Å². The summed E-state index contributed by atoms with van der Waals surface area (Å²) in [6, 6.07) is 65.4. The van der Waals surface area contributed by atoms with Gasteiger partial charge in [-0.15, -0.1) is 0 Å². The van der Waals surface area contributed by atoms with E-state index in [0.29, 0.717) is 17.5 Å². The van der Waals surface area contributed by atoms with Gasteiger partial charge in [-0.1, -0.05) is 170 Å². The summed E-state index contributed by atoms with van der Waals surface area (Å²) in [7, 11) is 0. The quantitative estimate of drug-likeness (QED) is 0.177. The van der Waals surface area contributed by atoms with Crippen molar-refractivity contribution in [3.05, 3.63) is 211 Å². The van der Waals surface area contributed by atoms with Gasteiger partial charge in [0.25, 0.3) is 0 Å². The number of hydrogen-bond acceptors (Lipinski definition) is 4. The second-order valence-corrected chi connectivity index (χ2v) is 13.1. The van der Waals surface area contributed by atoms with Crippen LogP contribution in [0.3, 0.4) is 0 Å². The van der Waals surface area contributed by atoms with Crippen molar-refractivity contribution in [1.29, 1.82) is 0 Å². The maximum absolute atomic E-state index is 5.42. The van der Waals surface area contributed by atoms with Crippen LogP contribution in [0, 0.1) is 0 Å². The fourth-order valence-electron chi connectivity index (χ4n) is 7.79. The van der Waals surface area contributed by atoms with Gasteiger partial charge in [-0.05, 0) is 46.0 Å². The molecule has 0 unspecified atom stereocenters. The van der Waals surface area contributed by atoms with Gasteiger partial charge in [-0.25, -0.2) is 19.9 Å². The largest absolute Gasteiger partial charge is 0.294 e. The fraction of sp³-hybridized carbons (Fsp3) is 0.0213. The predicted molar refractivity (Wildman–Crippen MR) is 208 cm³/mol. The molecule has 1 aliphatic heterocycles. The Morgan fingerprint density at radius 2 is 0.846 bits per heavy atom. The molecule has 0 N–H and O–H groups in total. The lowest BCUT2D eigenvalue weighted by molar-refractivity contribution is 0.718. The lowest BCUT2D eigenvalue weighted by Gasteiger charge is -2.31. The second kappa shape index (κ2) is 12.1. The Bertz CT molecular complexity index is 2670. The molecule has 0 atom stereocenters. The highest BCUT2D eigenvalue weighted by atomic mass is 15.1. The fourth-order valence-corrected chi connectivity index (χ4v) is 7.79. The first kappa shape index (κ1) is 29.9. The van der Waals surface area contributed by atoms with Crippen LogP contribution in [0.1, 0.15) is 22.5 Å². The average molecular weight is 666 g/mol. The van der Waals surface area contributed by atoms with E-state index in [1.54, 1.807) is 0 Å². The van der Waals surface area contributed by atoms with Crippen LogP contribution in [0.25, 0.3) is 62.0 Å². The van der Waals surface area contributed by atoms with Crippen LogP contribution in [-0.2, 0) is 5.41 Å².